The standard InChI is InChI=1S/C26H30ClN3O3.C6H12O3/c1-5-22(30(4)26(32)29-15-21-12-8-9-17(2)24(21)27)16-33-25(31)18(3)23-13-19-10-6-7-11-20(19)14-28-23;1-5(9)6(2,3-7)4-8/h6-14,18,22H,5,15-16H2,1-4H3,(H,29,32);7-8H,3-4H2,1-2H3. The number of rotatable bonds is 11. The van der Waals surface area contributed by atoms with Crippen LogP contribution in [0.4, 0.5) is 4.79 Å². The quantitative estimate of drug-likeness (QED) is 0.264. The predicted molar refractivity (Wildman–Crippen MR) is 164 cm³/mol. The van der Waals surface area contributed by atoms with Crippen molar-refractivity contribution in [3.63, 3.8) is 0 Å². The Morgan fingerprint density at radius 2 is 1.74 bits per heavy atom. The number of aliphatic hydroxyl groups excluding tert-OH is 2. The number of amides is 2. The van der Waals surface area contributed by atoms with Gasteiger partial charge >= 0.3 is 12.0 Å². The summed E-state index contributed by atoms with van der Waals surface area (Å²) in [6.07, 6.45) is 2.41. The lowest BCUT2D eigenvalue weighted by atomic mass is 9.89. The number of benzene rings is 2. The van der Waals surface area contributed by atoms with Crippen LogP contribution in [0, 0.1) is 12.3 Å². The Morgan fingerprint density at radius 3 is 2.31 bits per heavy atom. The zero-order chi connectivity index (χ0) is 31.4. The highest BCUT2D eigenvalue weighted by Gasteiger charge is 2.27. The minimum Gasteiger partial charge on any atom is -0.463 e. The molecule has 0 spiro atoms. The van der Waals surface area contributed by atoms with E-state index in [9.17, 15) is 14.4 Å². The van der Waals surface area contributed by atoms with E-state index in [1.807, 2.05) is 62.4 Å². The summed E-state index contributed by atoms with van der Waals surface area (Å²) < 4.78 is 5.57. The molecule has 3 aromatic rings. The molecule has 3 N–H and O–H groups in total. The molecule has 10 heteroatoms. The van der Waals surface area contributed by atoms with E-state index in [0.717, 1.165) is 21.9 Å². The van der Waals surface area contributed by atoms with E-state index in [0.29, 0.717) is 23.7 Å². The molecule has 228 valence electrons. The third kappa shape index (κ3) is 9.24. The Hall–Kier alpha value is -3.53. The van der Waals surface area contributed by atoms with Gasteiger partial charge in [0.25, 0.3) is 0 Å². The highest BCUT2D eigenvalue weighted by Crippen LogP contribution is 2.22. The van der Waals surface area contributed by atoms with Gasteiger partial charge in [0.15, 0.2) is 0 Å². The SMILES string of the molecule is CC(=O)C(C)(CO)CO.CCC(COC(=O)C(C)c1cc2ccccc2cn1)N(C)C(=O)NCc1cccc(C)c1Cl. The van der Waals surface area contributed by atoms with Crippen LogP contribution in [0.5, 0.6) is 0 Å². The van der Waals surface area contributed by atoms with Gasteiger partial charge in [-0.1, -0.05) is 61.0 Å². The van der Waals surface area contributed by atoms with E-state index in [1.54, 1.807) is 25.1 Å². The van der Waals surface area contributed by atoms with Crippen molar-refractivity contribution in [2.24, 2.45) is 5.41 Å². The molecule has 2 unspecified atom stereocenters. The lowest BCUT2D eigenvalue weighted by molar-refractivity contribution is -0.146. The van der Waals surface area contributed by atoms with Gasteiger partial charge in [-0.25, -0.2) is 4.79 Å². The highest BCUT2D eigenvalue weighted by molar-refractivity contribution is 6.32. The molecule has 0 aliphatic rings. The van der Waals surface area contributed by atoms with E-state index in [1.165, 1.54) is 13.8 Å². The van der Waals surface area contributed by atoms with Gasteiger partial charge < -0.3 is 25.2 Å². The molecule has 2 aromatic carbocycles. The number of likely N-dealkylation sites (N-methyl/N-ethyl adjacent to an activating group) is 1. The van der Waals surface area contributed by atoms with Gasteiger partial charge in [0, 0.05) is 30.2 Å². The Kier molecular flexibility index (Phi) is 13.4. The van der Waals surface area contributed by atoms with Crippen molar-refractivity contribution in [1.29, 1.82) is 0 Å². The molecule has 0 fully saturated rings. The van der Waals surface area contributed by atoms with Gasteiger partial charge in [0.1, 0.15) is 12.4 Å². The fourth-order valence-corrected chi connectivity index (χ4v) is 4.04. The largest absolute Gasteiger partial charge is 0.463 e. The van der Waals surface area contributed by atoms with Crippen molar-refractivity contribution < 1.29 is 29.3 Å². The first-order valence-electron chi connectivity index (χ1n) is 13.9. The van der Waals surface area contributed by atoms with E-state index >= 15 is 0 Å². The van der Waals surface area contributed by atoms with Crippen molar-refractivity contribution in [2.45, 2.75) is 59.5 Å². The number of ketones is 1. The van der Waals surface area contributed by atoms with Gasteiger partial charge in [-0.2, -0.15) is 0 Å². The summed E-state index contributed by atoms with van der Waals surface area (Å²) in [7, 11) is 1.70. The zero-order valence-corrected chi connectivity index (χ0v) is 25.9. The number of fused-ring (bicyclic) bond motifs is 1. The summed E-state index contributed by atoms with van der Waals surface area (Å²) in [5.41, 5.74) is 1.53. The second-order valence-corrected chi connectivity index (χ2v) is 11.0. The number of hydrogen-bond acceptors (Lipinski definition) is 7. The molecule has 2 amide bonds. The average molecular weight is 600 g/mol. The summed E-state index contributed by atoms with van der Waals surface area (Å²) in [6.45, 7) is 8.39. The zero-order valence-electron chi connectivity index (χ0n) is 25.2. The van der Waals surface area contributed by atoms with Crippen LogP contribution in [-0.4, -0.2) is 70.8 Å². The van der Waals surface area contributed by atoms with Crippen molar-refractivity contribution in [3.8, 4) is 0 Å². The molecule has 0 saturated heterocycles. The molecular weight excluding hydrogens is 558 g/mol. The van der Waals surface area contributed by atoms with Crippen LogP contribution < -0.4 is 5.32 Å². The Labute approximate surface area is 252 Å². The number of nitrogens with one attached hydrogen (secondary N) is 1. The molecule has 42 heavy (non-hydrogen) atoms. The number of aryl methyl sites for hydroxylation is 1. The minimum atomic E-state index is -0.944. The fourth-order valence-electron chi connectivity index (χ4n) is 3.84. The molecule has 3 rings (SSSR count). The van der Waals surface area contributed by atoms with E-state index in [-0.39, 0.29) is 43.6 Å². The van der Waals surface area contributed by atoms with Gasteiger partial charge in [-0.3, -0.25) is 14.6 Å². The normalized spacial score (nSPS) is 12.5. The fraction of sp³-hybridized carbons (Fsp3) is 0.438. The van der Waals surface area contributed by atoms with Crippen LogP contribution in [0.2, 0.25) is 5.02 Å². The molecule has 0 saturated carbocycles. The van der Waals surface area contributed by atoms with Crippen LogP contribution >= 0.6 is 11.6 Å². The monoisotopic (exact) mass is 599 g/mol. The van der Waals surface area contributed by atoms with Crippen molar-refractivity contribution >= 4 is 40.2 Å². The van der Waals surface area contributed by atoms with Gasteiger partial charge in [-0.15, -0.1) is 0 Å². The summed E-state index contributed by atoms with van der Waals surface area (Å²) >= 11 is 6.32. The molecule has 2 atom stereocenters. The molecule has 1 heterocycles. The number of urea groups is 1. The molecule has 0 radical (unpaired) electrons. The molecule has 9 nitrogen and oxygen atoms in total. The molecule has 0 aliphatic heterocycles. The molecular formula is C32H42ClN3O6. The number of halogens is 1. The maximum atomic E-state index is 12.7. The number of aromatic nitrogens is 1. The van der Waals surface area contributed by atoms with E-state index < -0.39 is 11.3 Å². The van der Waals surface area contributed by atoms with Crippen LogP contribution in [0.15, 0.2) is 54.7 Å². The first kappa shape index (κ1) is 34.7. The van der Waals surface area contributed by atoms with Crippen LogP contribution in [-0.2, 0) is 20.9 Å². The maximum Gasteiger partial charge on any atom is 0.317 e. The first-order chi connectivity index (χ1) is 19.9. The first-order valence-corrected chi connectivity index (χ1v) is 14.2. The number of aliphatic hydroxyl groups is 2. The van der Waals surface area contributed by atoms with Crippen molar-refractivity contribution in [2.75, 3.05) is 26.9 Å². The number of pyridine rings is 1. The number of esters is 1. The molecule has 0 bridgehead atoms. The average Bonchev–Trinajstić information content (AvgIpc) is 3.00. The van der Waals surface area contributed by atoms with Gasteiger partial charge in [-0.05, 0) is 56.7 Å². The number of nitrogens with zero attached hydrogens (tertiary/aromatic N) is 2. The highest BCUT2D eigenvalue weighted by atomic mass is 35.5. The summed E-state index contributed by atoms with van der Waals surface area (Å²) in [5.74, 6) is -1.06. The minimum absolute atomic E-state index is 0.113. The smallest absolute Gasteiger partial charge is 0.317 e. The number of carbonyl (C=O) groups excluding carboxylic acids is 3. The van der Waals surface area contributed by atoms with Crippen LogP contribution in [0.1, 0.15) is 56.9 Å². The Bertz CT molecular complexity index is 1360. The Morgan fingerprint density at radius 1 is 1.10 bits per heavy atom. The van der Waals surface area contributed by atoms with Gasteiger partial charge in [0.05, 0.1) is 36.3 Å². The third-order valence-electron chi connectivity index (χ3n) is 7.46. The van der Waals surface area contributed by atoms with E-state index in [2.05, 4.69) is 10.3 Å². The molecule has 0 aliphatic carbocycles. The topological polar surface area (TPSA) is 129 Å². The Balaban J connectivity index is 0.000000592. The summed E-state index contributed by atoms with van der Waals surface area (Å²) in [5, 5.41) is 22.7. The number of carbonyl (C=O) groups is 3. The lowest BCUT2D eigenvalue weighted by Crippen LogP contribution is -2.45. The third-order valence-corrected chi connectivity index (χ3v) is 8.00. The summed E-state index contributed by atoms with van der Waals surface area (Å²) in [6, 6.07) is 15.0. The second-order valence-electron chi connectivity index (χ2n) is 10.6. The number of Topliss-reactive ketones (excluding diaryl/α,β-unsaturated/α-hetero) is 1. The predicted octanol–water partition coefficient (Wildman–Crippen LogP) is 5.03. The molecule has 1 aromatic heterocycles. The van der Waals surface area contributed by atoms with Crippen LogP contribution in [0.25, 0.3) is 10.8 Å². The lowest BCUT2D eigenvalue weighted by Gasteiger charge is -2.27. The van der Waals surface area contributed by atoms with Crippen molar-refractivity contribution in [3.05, 3.63) is 76.6 Å². The van der Waals surface area contributed by atoms with Crippen molar-refractivity contribution in [1.82, 2.24) is 15.2 Å². The van der Waals surface area contributed by atoms with Gasteiger partial charge in [0.2, 0.25) is 0 Å². The van der Waals surface area contributed by atoms with E-state index in [4.69, 9.17) is 26.6 Å². The maximum absolute atomic E-state index is 12.7. The second kappa shape index (κ2) is 16.2. The summed E-state index contributed by atoms with van der Waals surface area (Å²) in [4.78, 5) is 41.9. The van der Waals surface area contributed by atoms with Crippen LogP contribution in [0.3, 0.4) is 0 Å². The number of hydrogen-bond donors (Lipinski definition) is 3. The number of ether oxygens (including phenoxy) is 1.